The van der Waals surface area contributed by atoms with Crippen LogP contribution in [0, 0.1) is 18.2 Å². The van der Waals surface area contributed by atoms with Crippen molar-refractivity contribution in [1.82, 2.24) is 0 Å². The lowest BCUT2D eigenvalue weighted by atomic mass is 9.74. The average Bonchev–Trinajstić information content (AvgIpc) is 2.56. The fourth-order valence-electron chi connectivity index (χ4n) is 3.32. The van der Waals surface area contributed by atoms with Gasteiger partial charge in [0.1, 0.15) is 5.82 Å². The van der Waals surface area contributed by atoms with Crippen LogP contribution in [0.15, 0.2) is 41.3 Å². The van der Waals surface area contributed by atoms with Crippen molar-refractivity contribution in [3.05, 3.63) is 58.9 Å². The number of nitrogens with one attached hydrogen (secondary N) is 1. The van der Waals surface area contributed by atoms with Gasteiger partial charge in [0.2, 0.25) is 5.91 Å². The molecule has 0 spiro atoms. The summed E-state index contributed by atoms with van der Waals surface area (Å²) in [6.07, 6.45) is 0. The van der Waals surface area contributed by atoms with Crippen molar-refractivity contribution < 1.29 is 9.18 Å². The number of hydrogen-bond donors (Lipinski definition) is 2. The van der Waals surface area contributed by atoms with Gasteiger partial charge in [-0.3, -0.25) is 4.79 Å². The number of carbonyl (C=O) groups is 1. The number of anilines is 1. The van der Waals surface area contributed by atoms with E-state index in [-0.39, 0.29) is 23.1 Å². The monoisotopic (exact) mass is 388 g/mol. The molecule has 1 unspecified atom stereocenters. The van der Waals surface area contributed by atoms with Crippen molar-refractivity contribution >= 4 is 23.4 Å². The molecular weight excluding hydrogens is 359 g/mol. The number of primary amides is 1. The van der Waals surface area contributed by atoms with Crippen LogP contribution in [0.5, 0.6) is 0 Å². The van der Waals surface area contributed by atoms with E-state index in [0.717, 1.165) is 33.0 Å². The fraction of sp³-hybridized carbons (Fsp3) is 0.409. The molecule has 1 atom stereocenters. The molecule has 3 N–H and O–H groups in total. The molecule has 0 fully saturated rings. The summed E-state index contributed by atoms with van der Waals surface area (Å²) in [5.74, 6) is 0.0252. The van der Waals surface area contributed by atoms with Gasteiger partial charge >= 0.3 is 0 Å². The van der Waals surface area contributed by atoms with E-state index in [1.807, 2.05) is 27.7 Å². The topological polar surface area (TPSA) is 55.1 Å². The minimum absolute atomic E-state index is 0.236. The standard InChI is InChI=1S/C22H29FN2OS/c1-6-27-18-12-17(25-13-15-7-9-16(23)10-8-15)11-14(2)19(18)20(21(24)26)22(3,4)5/h7-12,20,25H,6,13H2,1-5H3,(H2,24,26). The summed E-state index contributed by atoms with van der Waals surface area (Å²) in [5, 5.41) is 3.40. The number of hydrogen-bond acceptors (Lipinski definition) is 3. The summed E-state index contributed by atoms with van der Waals surface area (Å²) >= 11 is 1.72. The maximum Gasteiger partial charge on any atom is 0.225 e. The van der Waals surface area contributed by atoms with E-state index in [2.05, 4.69) is 24.4 Å². The molecule has 0 aliphatic rings. The van der Waals surface area contributed by atoms with Crippen LogP contribution >= 0.6 is 11.8 Å². The van der Waals surface area contributed by atoms with Crippen LogP contribution in [0.2, 0.25) is 0 Å². The Bertz CT molecular complexity index is 797. The summed E-state index contributed by atoms with van der Waals surface area (Å²) in [7, 11) is 0. The first-order valence-electron chi connectivity index (χ1n) is 9.18. The highest BCUT2D eigenvalue weighted by molar-refractivity contribution is 7.99. The van der Waals surface area contributed by atoms with E-state index < -0.39 is 0 Å². The average molecular weight is 389 g/mol. The van der Waals surface area contributed by atoms with Gasteiger partial charge in [0.25, 0.3) is 0 Å². The first-order valence-corrected chi connectivity index (χ1v) is 10.2. The number of nitrogens with two attached hydrogens (primary N) is 1. The zero-order valence-electron chi connectivity index (χ0n) is 16.7. The molecule has 2 rings (SSSR count). The third-order valence-corrected chi connectivity index (χ3v) is 5.44. The van der Waals surface area contributed by atoms with Crippen LogP contribution in [0.3, 0.4) is 0 Å². The van der Waals surface area contributed by atoms with Crippen molar-refractivity contribution in [1.29, 1.82) is 0 Å². The van der Waals surface area contributed by atoms with Gasteiger partial charge in [-0.15, -0.1) is 11.8 Å². The van der Waals surface area contributed by atoms with E-state index in [1.54, 1.807) is 23.9 Å². The van der Waals surface area contributed by atoms with Gasteiger partial charge in [0.15, 0.2) is 0 Å². The molecule has 0 radical (unpaired) electrons. The van der Waals surface area contributed by atoms with E-state index in [9.17, 15) is 9.18 Å². The smallest absolute Gasteiger partial charge is 0.225 e. The molecule has 27 heavy (non-hydrogen) atoms. The minimum Gasteiger partial charge on any atom is -0.381 e. The van der Waals surface area contributed by atoms with Crippen molar-refractivity contribution in [3.8, 4) is 0 Å². The van der Waals surface area contributed by atoms with Crippen molar-refractivity contribution in [2.75, 3.05) is 11.1 Å². The van der Waals surface area contributed by atoms with Gasteiger partial charge in [-0.1, -0.05) is 39.8 Å². The summed E-state index contributed by atoms with van der Waals surface area (Å²) in [5.41, 5.74) is 9.58. The lowest BCUT2D eigenvalue weighted by molar-refractivity contribution is -0.121. The Morgan fingerprint density at radius 1 is 1.22 bits per heavy atom. The summed E-state index contributed by atoms with van der Waals surface area (Å²) < 4.78 is 13.1. The first kappa shape index (κ1) is 21.3. The Kier molecular flexibility index (Phi) is 6.93. The second-order valence-corrected chi connectivity index (χ2v) is 9.13. The van der Waals surface area contributed by atoms with Gasteiger partial charge < -0.3 is 11.1 Å². The molecule has 0 aliphatic carbocycles. The Morgan fingerprint density at radius 3 is 2.37 bits per heavy atom. The SMILES string of the molecule is CCSc1cc(NCc2ccc(F)cc2)cc(C)c1C(C(N)=O)C(C)(C)C. The molecule has 0 bridgehead atoms. The van der Waals surface area contributed by atoms with Crippen LogP contribution in [0.4, 0.5) is 10.1 Å². The number of rotatable bonds is 7. The highest BCUT2D eigenvalue weighted by Crippen LogP contribution is 2.42. The van der Waals surface area contributed by atoms with Gasteiger partial charge in [0, 0.05) is 17.1 Å². The molecule has 5 heteroatoms. The quantitative estimate of drug-likeness (QED) is 0.618. The second-order valence-electron chi connectivity index (χ2n) is 7.82. The van der Waals surface area contributed by atoms with Crippen LogP contribution in [-0.4, -0.2) is 11.7 Å². The Morgan fingerprint density at radius 2 is 1.85 bits per heavy atom. The molecule has 146 valence electrons. The molecule has 2 aromatic carbocycles. The Labute approximate surface area is 165 Å². The number of benzene rings is 2. The highest BCUT2D eigenvalue weighted by atomic mass is 32.2. The lowest BCUT2D eigenvalue weighted by Gasteiger charge is -2.31. The van der Waals surface area contributed by atoms with Crippen LogP contribution < -0.4 is 11.1 Å². The molecule has 1 amide bonds. The minimum atomic E-state index is -0.349. The fourth-order valence-corrected chi connectivity index (χ4v) is 4.28. The molecule has 0 saturated heterocycles. The molecule has 0 saturated carbocycles. The van der Waals surface area contributed by atoms with E-state index in [1.165, 1.54) is 12.1 Å². The van der Waals surface area contributed by atoms with Crippen LogP contribution in [0.1, 0.15) is 50.3 Å². The second kappa shape index (κ2) is 8.79. The number of carbonyl (C=O) groups excluding carboxylic acids is 1. The number of amides is 1. The third kappa shape index (κ3) is 5.48. The number of halogens is 1. The zero-order valence-corrected chi connectivity index (χ0v) is 17.5. The van der Waals surface area contributed by atoms with Crippen molar-refractivity contribution in [2.45, 2.75) is 52.0 Å². The molecule has 3 nitrogen and oxygen atoms in total. The zero-order chi connectivity index (χ0) is 20.2. The predicted molar refractivity (Wildman–Crippen MR) is 113 cm³/mol. The summed E-state index contributed by atoms with van der Waals surface area (Å²) in [6, 6.07) is 10.6. The molecule has 0 heterocycles. The van der Waals surface area contributed by atoms with Crippen LogP contribution in [-0.2, 0) is 11.3 Å². The Balaban J connectivity index is 2.37. The van der Waals surface area contributed by atoms with E-state index in [4.69, 9.17) is 5.73 Å². The summed E-state index contributed by atoms with van der Waals surface area (Å²) in [6.45, 7) is 10.9. The van der Waals surface area contributed by atoms with Crippen LogP contribution in [0.25, 0.3) is 0 Å². The van der Waals surface area contributed by atoms with Crippen molar-refractivity contribution in [2.24, 2.45) is 11.1 Å². The molecular formula is C22H29FN2OS. The number of thioether (sulfide) groups is 1. The maximum absolute atomic E-state index is 13.1. The molecule has 0 aromatic heterocycles. The lowest BCUT2D eigenvalue weighted by Crippen LogP contribution is -2.32. The van der Waals surface area contributed by atoms with Crippen molar-refractivity contribution in [3.63, 3.8) is 0 Å². The highest BCUT2D eigenvalue weighted by Gasteiger charge is 2.34. The predicted octanol–water partition coefficient (Wildman–Crippen LogP) is 5.47. The molecule has 0 aliphatic heterocycles. The van der Waals surface area contributed by atoms with E-state index in [0.29, 0.717) is 6.54 Å². The normalized spacial score (nSPS) is 12.7. The van der Waals surface area contributed by atoms with Gasteiger partial charge in [-0.25, -0.2) is 4.39 Å². The van der Waals surface area contributed by atoms with Gasteiger partial charge in [-0.05, 0) is 59.0 Å². The molecule has 2 aromatic rings. The first-order chi connectivity index (χ1) is 12.6. The maximum atomic E-state index is 13.1. The Hall–Kier alpha value is -2.01. The number of aryl methyl sites for hydroxylation is 1. The summed E-state index contributed by atoms with van der Waals surface area (Å²) in [4.78, 5) is 13.3. The van der Waals surface area contributed by atoms with E-state index >= 15 is 0 Å². The largest absolute Gasteiger partial charge is 0.381 e. The van der Waals surface area contributed by atoms with Gasteiger partial charge in [0.05, 0.1) is 5.92 Å². The van der Waals surface area contributed by atoms with Gasteiger partial charge in [-0.2, -0.15) is 0 Å². The third-order valence-electron chi connectivity index (χ3n) is 4.50.